The van der Waals surface area contributed by atoms with E-state index in [9.17, 15) is 9.59 Å². The number of carbonyl (C=O) groups excluding carboxylic acids is 2. The molecule has 0 saturated carbocycles. The summed E-state index contributed by atoms with van der Waals surface area (Å²) in [6, 6.07) is 14.1. The van der Waals surface area contributed by atoms with E-state index in [1.54, 1.807) is 6.07 Å². The number of carbonyl (C=O) groups is 2. The van der Waals surface area contributed by atoms with Crippen LogP contribution in [0.15, 0.2) is 42.5 Å². The van der Waals surface area contributed by atoms with Gasteiger partial charge in [0.25, 0.3) is 5.91 Å². The van der Waals surface area contributed by atoms with E-state index in [2.05, 4.69) is 39.8 Å². The summed E-state index contributed by atoms with van der Waals surface area (Å²) in [4.78, 5) is 26.6. The Labute approximate surface area is 167 Å². The van der Waals surface area contributed by atoms with Crippen molar-refractivity contribution in [3.8, 4) is 0 Å². The van der Waals surface area contributed by atoms with Crippen LogP contribution in [-0.4, -0.2) is 42.9 Å². The number of amides is 2. The number of nitrogens with one attached hydrogen (secondary N) is 2. The van der Waals surface area contributed by atoms with Crippen LogP contribution in [0.5, 0.6) is 0 Å². The van der Waals surface area contributed by atoms with Crippen LogP contribution in [0.2, 0.25) is 0 Å². The standard InChI is InChI=1S/C23H29N3O2/c1-17-8-9-20(14-18(17)2)23(28)25-15-22(27)24-11-5-12-26-13-10-19-6-3-4-7-21(19)16-26/h3-4,6-9,14H,5,10-13,15-16H2,1-2H3,(H,24,27)(H,25,28). The Bertz CT molecular complexity index is 847. The van der Waals surface area contributed by atoms with Gasteiger partial charge in [-0.15, -0.1) is 0 Å². The molecule has 2 amide bonds. The normalized spacial score (nSPS) is 13.6. The molecule has 0 bridgehead atoms. The molecule has 148 valence electrons. The zero-order valence-electron chi connectivity index (χ0n) is 16.8. The third-order valence-corrected chi connectivity index (χ3v) is 5.36. The molecule has 0 saturated heterocycles. The van der Waals surface area contributed by atoms with Gasteiger partial charge in [-0.1, -0.05) is 30.3 Å². The smallest absolute Gasteiger partial charge is 0.251 e. The number of benzene rings is 2. The van der Waals surface area contributed by atoms with Crippen LogP contribution in [-0.2, 0) is 17.8 Å². The van der Waals surface area contributed by atoms with Crippen LogP contribution in [0, 0.1) is 13.8 Å². The molecule has 0 unspecified atom stereocenters. The summed E-state index contributed by atoms with van der Waals surface area (Å²) in [6.07, 6.45) is 1.99. The third kappa shape index (κ3) is 5.42. The first kappa shape index (κ1) is 20.1. The van der Waals surface area contributed by atoms with Crippen molar-refractivity contribution in [1.29, 1.82) is 0 Å². The third-order valence-electron chi connectivity index (χ3n) is 5.36. The van der Waals surface area contributed by atoms with E-state index in [0.29, 0.717) is 12.1 Å². The Kier molecular flexibility index (Phi) is 6.82. The summed E-state index contributed by atoms with van der Waals surface area (Å²) in [6.45, 7) is 7.61. The van der Waals surface area contributed by atoms with Gasteiger partial charge in [0, 0.05) is 31.7 Å². The lowest BCUT2D eigenvalue weighted by atomic mass is 10.00. The molecule has 0 aliphatic carbocycles. The van der Waals surface area contributed by atoms with Gasteiger partial charge in [0.2, 0.25) is 5.91 Å². The van der Waals surface area contributed by atoms with Gasteiger partial charge in [-0.25, -0.2) is 0 Å². The number of aryl methyl sites for hydroxylation is 2. The average molecular weight is 380 g/mol. The lowest BCUT2D eigenvalue weighted by molar-refractivity contribution is -0.120. The molecular weight excluding hydrogens is 350 g/mol. The van der Waals surface area contributed by atoms with Gasteiger partial charge in [-0.2, -0.15) is 0 Å². The molecule has 28 heavy (non-hydrogen) atoms. The SMILES string of the molecule is Cc1ccc(C(=O)NCC(=O)NCCCN2CCc3ccccc3C2)cc1C. The first-order chi connectivity index (χ1) is 13.5. The van der Waals surface area contributed by atoms with Gasteiger partial charge in [-0.3, -0.25) is 14.5 Å². The van der Waals surface area contributed by atoms with E-state index in [1.165, 1.54) is 11.1 Å². The molecule has 0 spiro atoms. The minimum Gasteiger partial charge on any atom is -0.355 e. The number of hydrogen-bond donors (Lipinski definition) is 2. The number of hydrogen-bond acceptors (Lipinski definition) is 3. The fraction of sp³-hybridized carbons (Fsp3) is 0.391. The van der Waals surface area contributed by atoms with Crippen molar-refractivity contribution in [1.82, 2.24) is 15.5 Å². The highest BCUT2D eigenvalue weighted by atomic mass is 16.2. The van der Waals surface area contributed by atoms with Crippen molar-refractivity contribution < 1.29 is 9.59 Å². The molecule has 0 radical (unpaired) electrons. The maximum Gasteiger partial charge on any atom is 0.251 e. The van der Waals surface area contributed by atoms with Crippen LogP contribution in [0.3, 0.4) is 0 Å². The van der Waals surface area contributed by atoms with Crippen LogP contribution in [0.1, 0.15) is 39.0 Å². The van der Waals surface area contributed by atoms with Crippen molar-refractivity contribution in [2.75, 3.05) is 26.2 Å². The first-order valence-corrected chi connectivity index (χ1v) is 9.94. The van der Waals surface area contributed by atoms with Gasteiger partial charge in [0.1, 0.15) is 0 Å². The quantitative estimate of drug-likeness (QED) is 0.727. The zero-order valence-corrected chi connectivity index (χ0v) is 16.8. The van der Waals surface area contributed by atoms with Gasteiger partial charge < -0.3 is 10.6 Å². The summed E-state index contributed by atoms with van der Waals surface area (Å²) in [5.74, 6) is -0.369. The molecule has 5 heteroatoms. The number of fused-ring (bicyclic) bond motifs is 1. The predicted octanol–water partition coefficient (Wildman–Crippen LogP) is 2.60. The van der Waals surface area contributed by atoms with E-state index in [1.807, 2.05) is 26.0 Å². The maximum atomic E-state index is 12.2. The monoisotopic (exact) mass is 379 g/mol. The summed E-state index contributed by atoms with van der Waals surface area (Å²) < 4.78 is 0. The van der Waals surface area contributed by atoms with E-state index < -0.39 is 0 Å². The molecule has 0 fully saturated rings. The van der Waals surface area contributed by atoms with Crippen LogP contribution >= 0.6 is 0 Å². The topological polar surface area (TPSA) is 61.4 Å². The van der Waals surface area contributed by atoms with Crippen LogP contribution in [0.25, 0.3) is 0 Å². The summed E-state index contributed by atoms with van der Waals surface area (Å²) >= 11 is 0. The van der Waals surface area contributed by atoms with Gasteiger partial charge in [-0.05, 0) is 61.1 Å². The number of rotatable bonds is 7. The molecule has 5 nitrogen and oxygen atoms in total. The Hall–Kier alpha value is -2.66. The predicted molar refractivity (Wildman–Crippen MR) is 111 cm³/mol. The summed E-state index contributed by atoms with van der Waals surface area (Å²) in [5, 5.41) is 5.57. The molecule has 2 aromatic carbocycles. The Morgan fingerprint density at radius 2 is 1.79 bits per heavy atom. The highest BCUT2D eigenvalue weighted by Crippen LogP contribution is 2.18. The number of nitrogens with zero attached hydrogens (tertiary/aromatic N) is 1. The van der Waals surface area contributed by atoms with E-state index in [-0.39, 0.29) is 18.4 Å². The first-order valence-electron chi connectivity index (χ1n) is 9.94. The second-order valence-electron chi connectivity index (χ2n) is 7.48. The van der Waals surface area contributed by atoms with Crippen molar-refractivity contribution in [2.24, 2.45) is 0 Å². The van der Waals surface area contributed by atoms with Crippen molar-refractivity contribution in [3.05, 3.63) is 70.3 Å². The fourth-order valence-corrected chi connectivity index (χ4v) is 3.48. The Balaban J connectivity index is 1.33. The summed E-state index contributed by atoms with van der Waals surface area (Å²) in [5.41, 5.74) is 5.66. The lowest BCUT2D eigenvalue weighted by Crippen LogP contribution is -2.38. The molecule has 1 aliphatic heterocycles. The fourth-order valence-electron chi connectivity index (χ4n) is 3.48. The molecule has 0 atom stereocenters. The largest absolute Gasteiger partial charge is 0.355 e. The Morgan fingerprint density at radius 3 is 2.57 bits per heavy atom. The molecular formula is C23H29N3O2. The van der Waals surface area contributed by atoms with Crippen molar-refractivity contribution >= 4 is 11.8 Å². The second-order valence-corrected chi connectivity index (χ2v) is 7.48. The molecule has 3 rings (SSSR count). The molecule has 2 aromatic rings. The minimum atomic E-state index is -0.217. The van der Waals surface area contributed by atoms with Gasteiger partial charge in [0.05, 0.1) is 6.54 Å². The van der Waals surface area contributed by atoms with Crippen molar-refractivity contribution in [2.45, 2.75) is 33.2 Å². The molecule has 2 N–H and O–H groups in total. The van der Waals surface area contributed by atoms with Crippen molar-refractivity contribution in [3.63, 3.8) is 0 Å². The van der Waals surface area contributed by atoms with Crippen LogP contribution in [0.4, 0.5) is 0 Å². The van der Waals surface area contributed by atoms with Gasteiger partial charge >= 0.3 is 0 Å². The lowest BCUT2D eigenvalue weighted by Gasteiger charge is -2.28. The zero-order chi connectivity index (χ0) is 19.9. The highest BCUT2D eigenvalue weighted by molar-refractivity contribution is 5.96. The van der Waals surface area contributed by atoms with E-state index >= 15 is 0 Å². The van der Waals surface area contributed by atoms with E-state index in [4.69, 9.17) is 0 Å². The second kappa shape index (κ2) is 9.51. The summed E-state index contributed by atoms with van der Waals surface area (Å²) in [7, 11) is 0. The van der Waals surface area contributed by atoms with E-state index in [0.717, 1.165) is 43.6 Å². The maximum absolute atomic E-state index is 12.2. The molecule has 1 heterocycles. The molecule has 1 aliphatic rings. The van der Waals surface area contributed by atoms with Gasteiger partial charge in [0.15, 0.2) is 0 Å². The average Bonchev–Trinajstić information content (AvgIpc) is 2.71. The Morgan fingerprint density at radius 1 is 1.00 bits per heavy atom. The minimum absolute atomic E-state index is 0.00282. The highest BCUT2D eigenvalue weighted by Gasteiger charge is 2.15. The molecule has 0 aromatic heterocycles. The van der Waals surface area contributed by atoms with Crippen LogP contribution < -0.4 is 10.6 Å².